The molecule has 0 radical (unpaired) electrons. The van der Waals surface area contributed by atoms with Crippen molar-refractivity contribution in [2.75, 3.05) is 31.5 Å². The van der Waals surface area contributed by atoms with Gasteiger partial charge in [-0.05, 0) is 38.5 Å². The number of morpholine rings is 1. The molecule has 1 fully saturated rings. The maximum atomic E-state index is 14.0. The molecule has 4 nitrogen and oxygen atoms in total. The molecule has 1 aliphatic rings. The van der Waals surface area contributed by atoms with E-state index in [0.29, 0.717) is 12.2 Å². The Morgan fingerprint density at radius 1 is 1.17 bits per heavy atom. The topological polar surface area (TPSA) is 37.4 Å². The van der Waals surface area contributed by atoms with E-state index in [-0.39, 0.29) is 23.1 Å². The lowest BCUT2D eigenvalue weighted by Crippen LogP contribution is -2.45. The number of aromatic nitrogens is 1. The van der Waals surface area contributed by atoms with E-state index in [1.807, 2.05) is 0 Å². The molecule has 2 heterocycles. The van der Waals surface area contributed by atoms with E-state index in [9.17, 15) is 8.78 Å². The fourth-order valence-electron chi connectivity index (χ4n) is 3.33. The Bertz CT molecular complexity index is 700. The van der Waals surface area contributed by atoms with Gasteiger partial charge in [0.05, 0.1) is 17.6 Å². The highest BCUT2D eigenvalue weighted by molar-refractivity contribution is 5.91. The SMILES string of the molecule is CC1CN(CCCNc2ccnc3c(F)ccc(F)c23)CC(C)O1. The van der Waals surface area contributed by atoms with Gasteiger partial charge in [0, 0.05) is 38.1 Å². The third-order valence-electron chi connectivity index (χ3n) is 4.25. The van der Waals surface area contributed by atoms with Crippen molar-refractivity contribution in [2.24, 2.45) is 0 Å². The maximum Gasteiger partial charge on any atom is 0.149 e. The molecule has 0 saturated carbocycles. The minimum Gasteiger partial charge on any atom is -0.384 e. The van der Waals surface area contributed by atoms with Crippen LogP contribution in [0.3, 0.4) is 0 Å². The molecular formula is C18H23F2N3O. The van der Waals surface area contributed by atoms with E-state index in [2.05, 4.69) is 29.0 Å². The molecule has 1 aromatic carbocycles. The van der Waals surface area contributed by atoms with Crippen LogP contribution in [0.1, 0.15) is 20.3 Å². The molecule has 1 N–H and O–H groups in total. The van der Waals surface area contributed by atoms with Crippen LogP contribution in [-0.4, -0.2) is 48.3 Å². The summed E-state index contributed by atoms with van der Waals surface area (Å²) in [7, 11) is 0. The number of halogens is 2. The second-order valence-electron chi connectivity index (χ2n) is 6.41. The van der Waals surface area contributed by atoms with Gasteiger partial charge in [-0.15, -0.1) is 0 Å². The van der Waals surface area contributed by atoms with Gasteiger partial charge in [0.15, 0.2) is 0 Å². The minimum absolute atomic E-state index is 0.0656. The number of nitrogens with zero attached hydrogens (tertiary/aromatic N) is 2. The van der Waals surface area contributed by atoms with Crippen LogP contribution >= 0.6 is 0 Å². The number of ether oxygens (including phenoxy) is 1. The molecular weight excluding hydrogens is 312 g/mol. The molecule has 130 valence electrons. The number of hydrogen-bond donors (Lipinski definition) is 1. The summed E-state index contributed by atoms with van der Waals surface area (Å²) in [4.78, 5) is 6.32. The molecule has 0 amide bonds. The second kappa shape index (κ2) is 7.40. The minimum atomic E-state index is -0.508. The van der Waals surface area contributed by atoms with Gasteiger partial charge < -0.3 is 10.1 Å². The Hall–Kier alpha value is -1.79. The van der Waals surface area contributed by atoms with Crippen molar-refractivity contribution in [1.29, 1.82) is 0 Å². The molecule has 1 aliphatic heterocycles. The zero-order valence-corrected chi connectivity index (χ0v) is 14.1. The van der Waals surface area contributed by atoms with Crippen molar-refractivity contribution >= 4 is 16.6 Å². The summed E-state index contributed by atoms with van der Waals surface area (Å²) in [5.41, 5.74) is 0.650. The molecule has 0 bridgehead atoms. The lowest BCUT2D eigenvalue weighted by atomic mass is 10.1. The van der Waals surface area contributed by atoms with E-state index in [4.69, 9.17) is 4.74 Å². The lowest BCUT2D eigenvalue weighted by Gasteiger charge is -2.35. The predicted octanol–water partition coefficient (Wildman–Crippen LogP) is 3.42. The van der Waals surface area contributed by atoms with E-state index in [0.717, 1.165) is 38.2 Å². The number of anilines is 1. The molecule has 2 aromatic rings. The standard InChI is InChI=1S/C18H23F2N3O/c1-12-10-23(11-13(2)24-12)9-3-7-21-16-6-8-22-18-15(20)5-4-14(19)17(16)18/h4-6,8,12-13H,3,7,9-11H2,1-2H3,(H,21,22). The smallest absolute Gasteiger partial charge is 0.149 e. The normalized spacial score (nSPS) is 22.0. The third kappa shape index (κ3) is 3.82. The average molecular weight is 335 g/mol. The van der Waals surface area contributed by atoms with Crippen LogP contribution in [0.15, 0.2) is 24.4 Å². The van der Waals surface area contributed by atoms with Gasteiger partial charge in [-0.1, -0.05) is 0 Å². The van der Waals surface area contributed by atoms with Gasteiger partial charge in [0.25, 0.3) is 0 Å². The summed E-state index contributed by atoms with van der Waals surface area (Å²) in [5.74, 6) is -0.968. The van der Waals surface area contributed by atoms with Crippen LogP contribution in [0.4, 0.5) is 14.5 Å². The van der Waals surface area contributed by atoms with Crippen LogP contribution in [0.25, 0.3) is 10.9 Å². The van der Waals surface area contributed by atoms with Crippen molar-refractivity contribution in [1.82, 2.24) is 9.88 Å². The highest BCUT2D eigenvalue weighted by Gasteiger charge is 2.21. The first-order valence-corrected chi connectivity index (χ1v) is 8.39. The van der Waals surface area contributed by atoms with Crippen molar-refractivity contribution in [3.63, 3.8) is 0 Å². The Kier molecular flexibility index (Phi) is 5.26. The fraction of sp³-hybridized carbons (Fsp3) is 0.500. The largest absolute Gasteiger partial charge is 0.384 e. The van der Waals surface area contributed by atoms with Crippen molar-refractivity contribution in [3.8, 4) is 0 Å². The summed E-state index contributed by atoms with van der Waals surface area (Å²) in [6, 6.07) is 3.93. The number of benzene rings is 1. The first-order chi connectivity index (χ1) is 11.5. The van der Waals surface area contributed by atoms with Gasteiger partial charge in [-0.2, -0.15) is 0 Å². The Labute approximate surface area is 140 Å². The number of nitrogens with one attached hydrogen (secondary N) is 1. The van der Waals surface area contributed by atoms with Crippen LogP contribution < -0.4 is 5.32 Å². The first-order valence-electron chi connectivity index (χ1n) is 8.39. The highest BCUT2D eigenvalue weighted by atomic mass is 19.1. The fourth-order valence-corrected chi connectivity index (χ4v) is 3.33. The average Bonchev–Trinajstić information content (AvgIpc) is 2.54. The molecule has 1 aromatic heterocycles. The summed E-state index contributed by atoms with van der Waals surface area (Å²) >= 11 is 0. The zero-order valence-electron chi connectivity index (χ0n) is 14.1. The molecule has 3 rings (SSSR count). The summed E-state index contributed by atoms with van der Waals surface area (Å²) in [6.45, 7) is 7.67. The predicted molar refractivity (Wildman–Crippen MR) is 91.2 cm³/mol. The second-order valence-corrected chi connectivity index (χ2v) is 6.41. The molecule has 1 saturated heterocycles. The van der Waals surface area contributed by atoms with E-state index >= 15 is 0 Å². The van der Waals surface area contributed by atoms with Crippen LogP contribution in [-0.2, 0) is 4.74 Å². The van der Waals surface area contributed by atoms with E-state index in [1.165, 1.54) is 6.20 Å². The quantitative estimate of drug-likeness (QED) is 0.850. The number of rotatable bonds is 5. The third-order valence-corrected chi connectivity index (χ3v) is 4.25. The Morgan fingerprint density at radius 3 is 2.62 bits per heavy atom. The molecule has 6 heteroatoms. The zero-order chi connectivity index (χ0) is 17.1. The summed E-state index contributed by atoms with van der Waals surface area (Å²) < 4.78 is 33.5. The van der Waals surface area contributed by atoms with E-state index in [1.54, 1.807) is 6.07 Å². The van der Waals surface area contributed by atoms with Crippen molar-refractivity contribution in [2.45, 2.75) is 32.5 Å². The number of hydrogen-bond acceptors (Lipinski definition) is 4. The van der Waals surface area contributed by atoms with Crippen LogP contribution in [0.5, 0.6) is 0 Å². The van der Waals surface area contributed by atoms with Gasteiger partial charge in [0.1, 0.15) is 17.2 Å². The molecule has 0 spiro atoms. The molecule has 2 unspecified atom stereocenters. The van der Waals surface area contributed by atoms with Gasteiger partial charge in [0.2, 0.25) is 0 Å². The molecule has 2 atom stereocenters. The van der Waals surface area contributed by atoms with Gasteiger partial charge in [-0.25, -0.2) is 8.78 Å². The van der Waals surface area contributed by atoms with E-state index < -0.39 is 11.6 Å². The summed E-state index contributed by atoms with van der Waals surface area (Å²) in [6.07, 6.45) is 2.92. The molecule has 0 aliphatic carbocycles. The van der Waals surface area contributed by atoms with Crippen LogP contribution in [0.2, 0.25) is 0 Å². The molecule has 24 heavy (non-hydrogen) atoms. The lowest BCUT2D eigenvalue weighted by molar-refractivity contribution is -0.0678. The Morgan fingerprint density at radius 2 is 1.88 bits per heavy atom. The summed E-state index contributed by atoms with van der Waals surface area (Å²) in [5, 5.41) is 3.43. The van der Waals surface area contributed by atoms with Crippen molar-refractivity contribution < 1.29 is 13.5 Å². The number of pyridine rings is 1. The van der Waals surface area contributed by atoms with Crippen molar-refractivity contribution in [3.05, 3.63) is 36.0 Å². The van der Waals surface area contributed by atoms with Gasteiger partial charge in [-0.3, -0.25) is 9.88 Å². The Balaban J connectivity index is 1.59. The maximum absolute atomic E-state index is 14.0. The monoisotopic (exact) mass is 335 g/mol. The van der Waals surface area contributed by atoms with Gasteiger partial charge >= 0.3 is 0 Å². The highest BCUT2D eigenvalue weighted by Crippen LogP contribution is 2.26. The van der Waals surface area contributed by atoms with Crippen LogP contribution in [0, 0.1) is 11.6 Å². The number of fused-ring (bicyclic) bond motifs is 1. The first kappa shape index (κ1) is 17.0.